The third-order valence-electron chi connectivity index (χ3n) is 3.06. The summed E-state index contributed by atoms with van der Waals surface area (Å²) in [5, 5.41) is 8.48. The van der Waals surface area contributed by atoms with E-state index in [1.807, 2.05) is 0 Å². The van der Waals surface area contributed by atoms with Crippen molar-refractivity contribution in [1.82, 2.24) is 0 Å². The quantitative estimate of drug-likeness (QED) is 0.268. The average molecular weight is 278 g/mol. The van der Waals surface area contributed by atoms with Crippen LogP contribution in [0.4, 0.5) is 0 Å². The first kappa shape index (κ1) is 18.7. The number of allylic oxidation sites excluding steroid dienone is 6. The number of carboxylic acid groups (broad SMARTS) is 1. The molecule has 0 aliphatic heterocycles. The summed E-state index contributed by atoms with van der Waals surface area (Å²) < 4.78 is 0. The van der Waals surface area contributed by atoms with Crippen molar-refractivity contribution < 1.29 is 9.90 Å². The van der Waals surface area contributed by atoms with Gasteiger partial charge >= 0.3 is 5.97 Å². The van der Waals surface area contributed by atoms with Gasteiger partial charge in [0.05, 0.1) is 0 Å². The molecular formula is C18H30O2. The number of unbranched alkanes of at least 4 members (excludes halogenated alkanes) is 6. The zero-order valence-corrected chi connectivity index (χ0v) is 12.9. The van der Waals surface area contributed by atoms with E-state index in [9.17, 15) is 4.79 Å². The van der Waals surface area contributed by atoms with E-state index in [4.69, 9.17) is 5.11 Å². The summed E-state index contributed by atoms with van der Waals surface area (Å²) in [4.78, 5) is 10.3. The van der Waals surface area contributed by atoms with Gasteiger partial charge in [0.25, 0.3) is 0 Å². The summed E-state index contributed by atoms with van der Waals surface area (Å²) in [6.45, 7) is 2.23. The Morgan fingerprint density at radius 1 is 0.850 bits per heavy atom. The van der Waals surface area contributed by atoms with Gasteiger partial charge in [-0.1, -0.05) is 62.6 Å². The van der Waals surface area contributed by atoms with Crippen molar-refractivity contribution in [3.05, 3.63) is 36.5 Å². The van der Waals surface area contributed by atoms with E-state index in [1.54, 1.807) is 0 Å². The molecule has 2 heteroatoms. The Balaban J connectivity index is 3.33. The monoisotopic (exact) mass is 278 g/mol. The van der Waals surface area contributed by atoms with Gasteiger partial charge in [0, 0.05) is 6.42 Å². The maximum absolute atomic E-state index is 10.3. The van der Waals surface area contributed by atoms with E-state index in [1.165, 1.54) is 32.1 Å². The first-order valence-corrected chi connectivity index (χ1v) is 7.95. The van der Waals surface area contributed by atoms with Crippen LogP contribution < -0.4 is 0 Å². The van der Waals surface area contributed by atoms with E-state index in [0.29, 0.717) is 0 Å². The third kappa shape index (κ3) is 16.7. The lowest BCUT2D eigenvalue weighted by Gasteiger charge is -1.93. The van der Waals surface area contributed by atoms with Crippen molar-refractivity contribution in [2.24, 2.45) is 0 Å². The van der Waals surface area contributed by atoms with E-state index in [2.05, 4.69) is 43.4 Å². The van der Waals surface area contributed by atoms with Crippen LogP contribution in [0.5, 0.6) is 0 Å². The molecular weight excluding hydrogens is 248 g/mol. The predicted molar refractivity (Wildman–Crippen MR) is 86.9 cm³/mol. The Morgan fingerprint density at radius 3 is 2.30 bits per heavy atom. The largest absolute Gasteiger partial charge is 0.481 e. The Labute approximate surface area is 124 Å². The Morgan fingerprint density at radius 2 is 1.55 bits per heavy atom. The second kappa shape index (κ2) is 15.7. The summed E-state index contributed by atoms with van der Waals surface area (Å²) in [5.74, 6) is -0.696. The molecule has 0 heterocycles. The molecule has 0 spiro atoms. The van der Waals surface area contributed by atoms with Gasteiger partial charge in [-0.05, 0) is 38.5 Å². The Hall–Kier alpha value is -1.31. The highest BCUT2D eigenvalue weighted by molar-refractivity contribution is 5.66. The van der Waals surface area contributed by atoms with Crippen LogP contribution in [-0.4, -0.2) is 11.1 Å². The first-order valence-electron chi connectivity index (χ1n) is 7.95. The third-order valence-corrected chi connectivity index (χ3v) is 3.06. The molecule has 0 aliphatic carbocycles. The highest BCUT2D eigenvalue weighted by Gasteiger charge is 1.93. The molecule has 0 aromatic heterocycles. The van der Waals surface area contributed by atoms with Crippen LogP contribution in [0.1, 0.15) is 71.1 Å². The summed E-state index contributed by atoms with van der Waals surface area (Å²) in [7, 11) is 0. The van der Waals surface area contributed by atoms with Crippen LogP contribution in [0.25, 0.3) is 0 Å². The molecule has 0 unspecified atom stereocenters. The number of aliphatic carboxylic acids is 1. The minimum absolute atomic E-state index is 0.288. The second-order valence-electron chi connectivity index (χ2n) is 5.05. The van der Waals surface area contributed by atoms with Gasteiger partial charge < -0.3 is 5.11 Å². The highest BCUT2D eigenvalue weighted by Crippen LogP contribution is 2.03. The van der Waals surface area contributed by atoms with Crippen molar-refractivity contribution in [1.29, 1.82) is 0 Å². The van der Waals surface area contributed by atoms with Crippen LogP contribution in [-0.2, 0) is 4.79 Å². The highest BCUT2D eigenvalue weighted by atomic mass is 16.4. The molecule has 2 nitrogen and oxygen atoms in total. The molecule has 0 radical (unpaired) electrons. The van der Waals surface area contributed by atoms with Crippen molar-refractivity contribution in [3.63, 3.8) is 0 Å². The minimum Gasteiger partial charge on any atom is -0.481 e. The minimum atomic E-state index is -0.696. The molecule has 0 bridgehead atoms. The van der Waals surface area contributed by atoms with Gasteiger partial charge in [0.15, 0.2) is 0 Å². The molecule has 0 aliphatic rings. The fraction of sp³-hybridized carbons (Fsp3) is 0.611. The lowest BCUT2D eigenvalue weighted by atomic mass is 10.1. The number of carbonyl (C=O) groups is 1. The molecule has 0 saturated carbocycles. The zero-order chi connectivity index (χ0) is 14.9. The standard InChI is InChI=1S/C18H30O2/c1-2-3-4-5-6-7-8-9-10-11-12-13-14-15-16-17-18(19)20/h7-10,12-13H,2-6,11,14-17H2,1H3,(H,19,20)/b8-7+,10-9+,13-12+. The molecule has 0 fully saturated rings. The lowest BCUT2D eigenvalue weighted by Crippen LogP contribution is -1.92. The molecule has 0 amide bonds. The number of hydrogen-bond donors (Lipinski definition) is 1. The first-order chi connectivity index (χ1) is 9.77. The van der Waals surface area contributed by atoms with Crippen molar-refractivity contribution in [2.75, 3.05) is 0 Å². The van der Waals surface area contributed by atoms with Crippen LogP contribution in [0.15, 0.2) is 36.5 Å². The molecule has 0 atom stereocenters. The van der Waals surface area contributed by atoms with E-state index in [0.717, 1.165) is 25.7 Å². The molecule has 114 valence electrons. The summed E-state index contributed by atoms with van der Waals surface area (Å²) in [6, 6.07) is 0. The summed E-state index contributed by atoms with van der Waals surface area (Å²) in [6.07, 6.45) is 23.3. The van der Waals surface area contributed by atoms with E-state index < -0.39 is 5.97 Å². The lowest BCUT2D eigenvalue weighted by molar-refractivity contribution is -0.137. The zero-order valence-electron chi connectivity index (χ0n) is 12.9. The second-order valence-corrected chi connectivity index (χ2v) is 5.05. The van der Waals surface area contributed by atoms with Crippen LogP contribution in [0.3, 0.4) is 0 Å². The SMILES string of the molecule is CCCCCC/C=C/C=C/C/C=C/CCCCC(=O)O. The normalized spacial score (nSPS) is 12.1. The molecule has 1 N–H and O–H groups in total. The fourth-order valence-corrected chi connectivity index (χ4v) is 1.85. The van der Waals surface area contributed by atoms with Gasteiger partial charge in [-0.15, -0.1) is 0 Å². The van der Waals surface area contributed by atoms with Gasteiger partial charge in [0.1, 0.15) is 0 Å². The van der Waals surface area contributed by atoms with E-state index in [-0.39, 0.29) is 6.42 Å². The molecule has 20 heavy (non-hydrogen) atoms. The Bertz CT molecular complexity index is 301. The maximum atomic E-state index is 10.3. The van der Waals surface area contributed by atoms with Crippen LogP contribution in [0.2, 0.25) is 0 Å². The smallest absolute Gasteiger partial charge is 0.303 e. The van der Waals surface area contributed by atoms with Gasteiger partial charge in [-0.2, -0.15) is 0 Å². The number of rotatable bonds is 13. The molecule has 0 aromatic rings. The van der Waals surface area contributed by atoms with Crippen LogP contribution >= 0.6 is 0 Å². The van der Waals surface area contributed by atoms with Gasteiger partial charge in [-0.25, -0.2) is 0 Å². The average Bonchev–Trinajstić information content (AvgIpc) is 2.43. The van der Waals surface area contributed by atoms with E-state index >= 15 is 0 Å². The number of carboxylic acids is 1. The summed E-state index contributed by atoms with van der Waals surface area (Å²) >= 11 is 0. The Kier molecular flexibility index (Phi) is 14.7. The summed E-state index contributed by atoms with van der Waals surface area (Å²) in [5.41, 5.74) is 0. The molecule has 0 aromatic carbocycles. The topological polar surface area (TPSA) is 37.3 Å². The van der Waals surface area contributed by atoms with Crippen molar-refractivity contribution in [2.45, 2.75) is 71.1 Å². The molecule has 0 rings (SSSR count). The maximum Gasteiger partial charge on any atom is 0.303 e. The molecule has 0 saturated heterocycles. The fourth-order valence-electron chi connectivity index (χ4n) is 1.85. The van der Waals surface area contributed by atoms with Crippen molar-refractivity contribution >= 4 is 5.97 Å². The van der Waals surface area contributed by atoms with Crippen molar-refractivity contribution in [3.8, 4) is 0 Å². The van der Waals surface area contributed by atoms with Gasteiger partial charge in [-0.3, -0.25) is 4.79 Å². The number of hydrogen-bond acceptors (Lipinski definition) is 1. The van der Waals surface area contributed by atoms with Gasteiger partial charge in [0.2, 0.25) is 0 Å². The van der Waals surface area contributed by atoms with Crippen LogP contribution in [0, 0.1) is 0 Å². The predicted octanol–water partition coefficient (Wildman–Crippen LogP) is 5.66.